The minimum Gasteiger partial charge on any atom is -0.325 e. The first kappa shape index (κ1) is 19.0. The molecule has 0 aliphatic heterocycles. The fraction of sp³-hybridized carbons (Fsp3) is 0.333. The van der Waals surface area contributed by atoms with E-state index in [9.17, 15) is 14.4 Å². The minimum atomic E-state index is -0.435. The summed E-state index contributed by atoms with van der Waals surface area (Å²) in [6.45, 7) is 3.94. The van der Waals surface area contributed by atoms with Gasteiger partial charge in [-0.2, -0.15) is 0 Å². The Hall–Kier alpha value is -2.81. The lowest BCUT2D eigenvalue weighted by atomic mass is 10.1. The predicted molar refractivity (Wildman–Crippen MR) is 106 cm³/mol. The highest BCUT2D eigenvalue weighted by Crippen LogP contribution is 2.21. The van der Waals surface area contributed by atoms with Crippen LogP contribution in [0.2, 0.25) is 0 Å². The van der Waals surface area contributed by atoms with Gasteiger partial charge in [-0.25, -0.2) is 9.78 Å². The van der Waals surface area contributed by atoms with Crippen molar-refractivity contribution in [2.75, 3.05) is 11.1 Å². The molecule has 27 heavy (non-hydrogen) atoms. The number of aromatic nitrogens is 4. The minimum absolute atomic E-state index is 0.138. The highest BCUT2D eigenvalue weighted by molar-refractivity contribution is 7.99. The lowest BCUT2D eigenvalue weighted by Gasteiger charge is -2.09. The average Bonchev–Trinajstić information content (AvgIpc) is 2.95. The van der Waals surface area contributed by atoms with Crippen molar-refractivity contribution in [1.82, 2.24) is 18.7 Å². The molecule has 0 unspecified atom stereocenters. The molecule has 0 aliphatic carbocycles. The second-order valence-electron chi connectivity index (χ2n) is 6.49. The van der Waals surface area contributed by atoms with Crippen LogP contribution in [0.5, 0.6) is 0 Å². The van der Waals surface area contributed by atoms with Crippen molar-refractivity contribution in [2.24, 2.45) is 21.1 Å². The highest BCUT2D eigenvalue weighted by atomic mass is 32.2. The predicted octanol–water partition coefficient (Wildman–Crippen LogP) is 1.32. The number of amides is 1. The van der Waals surface area contributed by atoms with Gasteiger partial charge in [-0.05, 0) is 25.5 Å². The van der Waals surface area contributed by atoms with E-state index in [1.165, 1.54) is 23.4 Å². The number of hydrogen-bond donors (Lipinski definition) is 1. The summed E-state index contributed by atoms with van der Waals surface area (Å²) >= 11 is 1.21. The molecule has 1 N–H and O–H groups in total. The zero-order valence-electron chi connectivity index (χ0n) is 15.9. The number of fused-ring (bicyclic) bond motifs is 1. The van der Waals surface area contributed by atoms with Gasteiger partial charge in [0, 0.05) is 26.8 Å². The summed E-state index contributed by atoms with van der Waals surface area (Å²) < 4.78 is 3.99. The third kappa shape index (κ3) is 3.42. The molecule has 0 spiro atoms. The third-order valence-corrected chi connectivity index (χ3v) is 5.45. The number of anilines is 1. The van der Waals surface area contributed by atoms with Gasteiger partial charge in [0.2, 0.25) is 5.91 Å². The largest absolute Gasteiger partial charge is 0.332 e. The first-order valence-corrected chi connectivity index (χ1v) is 9.31. The second-order valence-corrected chi connectivity index (χ2v) is 7.43. The summed E-state index contributed by atoms with van der Waals surface area (Å²) in [6, 6.07) is 5.82. The normalized spacial score (nSPS) is 11.1. The van der Waals surface area contributed by atoms with E-state index in [4.69, 9.17) is 0 Å². The van der Waals surface area contributed by atoms with E-state index in [1.54, 1.807) is 18.7 Å². The zero-order valence-corrected chi connectivity index (χ0v) is 16.7. The number of nitrogens with one attached hydrogen (secondary N) is 1. The first-order chi connectivity index (χ1) is 12.7. The number of imidazole rings is 1. The van der Waals surface area contributed by atoms with E-state index in [-0.39, 0.29) is 11.7 Å². The molecule has 2 aromatic heterocycles. The van der Waals surface area contributed by atoms with Crippen molar-refractivity contribution < 1.29 is 4.79 Å². The maximum atomic E-state index is 12.4. The molecule has 9 heteroatoms. The quantitative estimate of drug-likeness (QED) is 0.682. The standard InChI is InChI=1S/C18H21N5O3S/c1-10-6-7-12(11(2)8-10)19-13(24)9-27-17-20-15-14(21(17)3)16(25)23(5)18(26)22(15)4/h6-8H,9H2,1-5H3,(H,19,24). The summed E-state index contributed by atoms with van der Waals surface area (Å²) in [5.74, 6) is -0.0283. The van der Waals surface area contributed by atoms with E-state index in [0.29, 0.717) is 16.3 Å². The van der Waals surface area contributed by atoms with Gasteiger partial charge < -0.3 is 9.88 Å². The van der Waals surface area contributed by atoms with E-state index in [2.05, 4.69) is 10.3 Å². The summed E-state index contributed by atoms with van der Waals surface area (Å²) in [5, 5.41) is 3.38. The number of aryl methyl sites for hydroxylation is 4. The van der Waals surface area contributed by atoms with Crippen LogP contribution in [0.15, 0.2) is 32.9 Å². The molecule has 3 aromatic rings. The van der Waals surface area contributed by atoms with Crippen LogP contribution in [0.3, 0.4) is 0 Å². The smallest absolute Gasteiger partial charge is 0.325 e. The number of benzene rings is 1. The molecule has 0 saturated carbocycles. The van der Waals surface area contributed by atoms with E-state index >= 15 is 0 Å². The van der Waals surface area contributed by atoms with Crippen molar-refractivity contribution in [2.45, 2.75) is 19.0 Å². The van der Waals surface area contributed by atoms with Gasteiger partial charge >= 0.3 is 5.69 Å². The average molecular weight is 387 g/mol. The maximum Gasteiger partial charge on any atom is 0.332 e. The molecule has 3 rings (SSSR count). The Balaban J connectivity index is 1.83. The lowest BCUT2D eigenvalue weighted by molar-refractivity contribution is -0.113. The van der Waals surface area contributed by atoms with Crippen LogP contribution in [-0.2, 0) is 25.9 Å². The molecule has 2 heterocycles. The van der Waals surface area contributed by atoms with Crippen molar-refractivity contribution >= 4 is 34.5 Å². The Labute approximate surface area is 159 Å². The Bertz CT molecular complexity index is 1170. The summed E-state index contributed by atoms with van der Waals surface area (Å²) in [7, 11) is 4.70. The Kier molecular flexibility index (Phi) is 4.97. The summed E-state index contributed by atoms with van der Waals surface area (Å²) in [5.41, 5.74) is 2.69. The summed E-state index contributed by atoms with van der Waals surface area (Å²) in [6.07, 6.45) is 0. The molecule has 1 aromatic carbocycles. The van der Waals surface area contributed by atoms with Crippen molar-refractivity contribution in [3.05, 3.63) is 50.2 Å². The molecule has 0 radical (unpaired) electrons. The molecular formula is C18H21N5O3S. The van der Waals surface area contributed by atoms with Crippen LogP contribution >= 0.6 is 11.8 Å². The van der Waals surface area contributed by atoms with Crippen LogP contribution in [0.25, 0.3) is 11.2 Å². The van der Waals surface area contributed by atoms with Crippen LogP contribution in [0.1, 0.15) is 11.1 Å². The lowest BCUT2D eigenvalue weighted by Crippen LogP contribution is -2.37. The van der Waals surface area contributed by atoms with Gasteiger partial charge in [0.1, 0.15) is 0 Å². The van der Waals surface area contributed by atoms with Gasteiger partial charge in [0.25, 0.3) is 5.56 Å². The second kappa shape index (κ2) is 7.07. The molecule has 142 valence electrons. The molecule has 0 atom stereocenters. The maximum absolute atomic E-state index is 12.4. The van der Waals surface area contributed by atoms with Crippen LogP contribution in [0.4, 0.5) is 5.69 Å². The van der Waals surface area contributed by atoms with Crippen molar-refractivity contribution in [3.8, 4) is 0 Å². The van der Waals surface area contributed by atoms with Crippen LogP contribution in [0, 0.1) is 13.8 Å². The third-order valence-electron chi connectivity index (χ3n) is 4.42. The zero-order chi connectivity index (χ0) is 19.9. The fourth-order valence-corrected chi connectivity index (χ4v) is 3.67. The number of carbonyl (C=O) groups excluding carboxylic acids is 1. The first-order valence-electron chi connectivity index (χ1n) is 8.33. The summed E-state index contributed by atoms with van der Waals surface area (Å²) in [4.78, 5) is 41.1. The Morgan fingerprint density at radius 3 is 2.48 bits per heavy atom. The number of nitrogens with zero attached hydrogens (tertiary/aromatic N) is 4. The van der Waals surface area contributed by atoms with Crippen molar-refractivity contribution in [1.29, 1.82) is 0 Å². The van der Waals surface area contributed by atoms with E-state index in [0.717, 1.165) is 21.4 Å². The number of rotatable bonds is 4. The molecule has 0 aliphatic rings. The topological polar surface area (TPSA) is 90.9 Å². The molecule has 1 amide bonds. The molecule has 0 bridgehead atoms. The van der Waals surface area contributed by atoms with E-state index in [1.807, 2.05) is 32.0 Å². The van der Waals surface area contributed by atoms with Gasteiger partial charge in [0.15, 0.2) is 16.3 Å². The molecular weight excluding hydrogens is 366 g/mol. The SMILES string of the molecule is Cc1ccc(NC(=O)CSc2nc3c(c(=O)n(C)c(=O)n3C)n2C)c(C)c1. The Morgan fingerprint density at radius 1 is 1.11 bits per heavy atom. The molecule has 0 saturated heterocycles. The van der Waals surface area contributed by atoms with Crippen LogP contribution in [-0.4, -0.2) is 30.3 Å². The van der Waals surface area contributed by atoms with Gasteiger partial charge in [0.05, 0.1) is 5.75 Å². The highest BCUT2D eigenvalue weighted by Gasteiger charge is 2.18. The van der Waals surface area contributed by atoms with Crippen molar-refractivity contribution in [3.63, 3.8) is 0 Å². The Morgan fingerprint density at radius 2 is 1.81 bits per heavy atom. The monoisotopic (exact) mass is 387 g/mol. The number of hydrogen-bond acceptors (Lipinski definition) is 5. The van der Waals surface area contributed by atoms with Gasteiger partial charge in [-0.3, -0.25) is 18.7 Å². The molecule has 8 nitrogen and oxygen atoms in total. The van der Waals surface area contributed by atoms with Gasteiger partial charge in [-0.15, -0.1) is 0 Å². The number of thioether (sulfide) groups is 1. The van der Waals surface area contributed by atoms with E-state index < -0.39 is 11.2 Å². The molecule has 0 fully saturated rings. The van der Waals surface area contributed by atoms with Gasteiger partial charge in [-0.1, -0.05) is 29.5 Å². The number of carbonyl (C=O) groups is 1. The fourth-order valence-electron chi connectivity index (χ4n) is 2.90. The van der Waals surface area contributed by atoms with Crippen LogP contribution < -0.4 is 16.6 Å².